The number of hydrogen-bond acceptors (Lipinski definition) is 7. The molecule has 0 radical (unpaired) electrons. The summed E-state index contributed by atoms with van der Waals surface area (Å²) >= 11 is 0. The van der Waals surface area contributed by atoms with E-state index in [2.05, 4.69) is 0 Å². The highest BCUT2D eigenvalue weighted by Gasteiger charge is 2.49. The van der Waals surface area contributed by atoms with Crippen LogP contribution in [-0.2, 0) is 14.2 Å². The summed E-state index contributed by atoms with van der Waals surface area (Å²) in [6, 6.07) is 6.44. The fraction of sp³-hybridized carbons (Fsp3) is 0.588. The number of rotatable bonds is 6. The first-order valence-electron chi connectivity index (χ1n) is 7.70. The molecule has 7 heteroatoms. The topological polar surface area (TPSA) is 94.5 Å². The fourth-order valence-corrected chi connectivity index (χ4v) is 2.78. The van der Waals surface area contributed by atoms with Crippen molar-refractivity contribution in [2.75, 3.05) is 27.9 Å². The Balaban J connectivity index is 1.96. The van der Waals surface area contributed by atoms with Crippen LogP contribution in [0.4, 0.5) is 0 Å². The van der Waals surface area contributed by atoms with Crippen LogP contribution >= 0.6 is 0 Å². The van der Waals surface area contributed by atoms with E-state index in [1.807, 2.05) is 0 Å². The summed E-state index contributed by atoms with van der Waals surface area (Å²) in [6.07, 6.45) is -0.467. The Kier molecular flexibility index (Phi) is 5.82. The first-order chi connectivity index (χ1) is 11.4. The van der Waals surface area contributed by atoms with Crippen molar-refractivity contribution in [3.05, 3.63) is 29.8 Å². The summed E-state index contributed by atoms with van der Waals surface area (Å²) in [7, 11) is 4.52. The van der Waals surface area contributed by atoms with E-state index in [0.29, 0.717) is 17.7 Å². The molecule has 0 amide bonds. The van der Waals surface area contributed by atoms with Gasteiger partial charge in [-0.3, -0.25) is 0 Å². The minimum absolute atomic E-state index is 0.0938. The van der Waals surface area contributed by atoms with Gasteiger partial charge in [-0.25, -0.2) is 4.79 Å². The molecule has 1 aromatic carbocycles. The molecule has 0 heterocycles. The van der Waals surface area contributed by atoms with Gasteiger partial charge in [0.1, 0.15) is 18.0 Å². The third-order valence-corrected chi connectivity index (χ3v) is 4.59. The molecule has 0 saturated heterocycles. The molecular weight excluding hydrogens is 316 g/mol. The van der Waals surface area contributed by atoms with Crippen LogP contribution in [0, 0.1) is 0 Å². The number of aliphatic hydroxyl groups is 2. The maximum atomic E-state index is 12.1. The van der Waals surface area contributed by atoms with E-state index < -0.39 is 23.5 Å². The second-order valence-electron chi connectivity index (χ2n) is 5.95. The lowest BCUT2D eigenvalue weighted by molar-refractivity contribution is -0.270. The highest BCUT2D eigenvalue weighted by Crippen LogP contribution is 2.38. The van der Waals surface area contributed by atoms with E-state index >= 15 is 0 Å². The molecule has 0 aromatic heterocycles. The summed E-state index contributed by atoms with van der Waals surface area (Å²) < 4.78 is 20.8. The van der Waals surface area contributed by atoms with Crippen LogP contribution in [0.15, 0.2) is 24.3 Å². The van der Waals surface area contributed by atoms with Crippen LogP contribution in [0.2, 0.25) is 0 Å². The Bertz CT molecular complexity index is 553. The van der Waals surface area contributed by atoms with Gasteiger partial charge < -0.3 is 29.2 Å². The summed E-state index contributed by atoms with van der Waals surface area (Å²) in [6.45, 7) is -0.303. The van der Waals surface area contributed by atoms with Crippen LogP contribution in [0.5, 0.6) is 5.75 Å². The lowest BCUT2D eigenvalue weighted by Gasteiger charge is -2.44. The van der Waals surface area contributed by atoms with Gasteiger partial charge in [-0.2, -0.15) is 0 Å². The van der Waals surface area contributed by atoms with Crippen LogP contribution in [0.1, 0.15) is 29.6 Å². The Labute approximate surface area is 141 Å². The minimum atomic E-state index is -1.53. The largest absolute Gasteiger partial charge is 0.497 e. The maximum Gasteiger partial charge on any atom is 0.338 e. The summed E-state index contributed by atoms with van der Waals surface area (Å²) in [5.41, 5.74) is -1.18. The Morgan fingerprint density at radius 3 is 2.29 bits per heavy atom. The first kappa shape index (κ1) is 18.7. The van der Waals surface area contributed by atoms with Gasteiger partial charge in [0.25, 0.3) is 0 Å². The number of benzene rings is 1. The Morgan fingerprint density at radius 2 is 1.79 bits per heavy atom. The number of methoxy groups -OCH3 is 3. The molecule has 7 nitrogen and oxygen atoms in total. The average Bonchev–Trinajstić information content (AvgIpc) is 2.62. The Hall–Kier alpha value is -1.67. The van der Waals surface area contributed by atoms with Gasteiger partial charge in [-0.1, -0.05) is 0 Å². The molecule has 0 bridgehead atoms. The molecule has 2 atom stereocenters. The number of carbonyl (C=O) groups excluding carboxylic acids is 1. The first-order valence-corrected chi connectivity index (χ1v) is 7.70. The number of esters is 1. The van der Waals surface area contributed by atoms with Crippen molar-refractivity contribution in [1.82, 2.24) is 0 Å². The number of aliphatic hydroxyl groups excluding tert-OH is 1. The Morgan fingerprint density at radius 1 is 1.17 bits per heavy atom. The highest BCUT2D eigenvalue weighted by atomic mass is 16.7. The number of carbonyl (C=O) groups is 1. The average molecular weight is 340 g/mol. The van der Waals surface area contributed by atoms with Crippen molar-refractivity contribution >= 4 is 5.97 Å². The second-order valence-corrected chi connectivity index (χ2v) is 5.95. The van der Waals surface area contributed by atoms with Gasteiger partial charge in [0, 0.05) is 27.1 Å². The molecule has 1 aliphatic carbocycles. The van der Waals surface area contributed by atoms with Gasteiger partial charge >= 0.3 is 5.97 Å². The molecule has 24 heavy (non-hydrogen) atoms. The molecule has 0 unspecified atom stereocenters. The van der Waals surface area contributed by atoms with E-state index in [9.17, 15) is 15.0 Å². The molecule has 0 spiro atoms. The van der Waals surface area contributed by atoms with Gasteiger partial charge in [-0.05, 0) is 30.7 Å². The van der Waals surface area contributed by atoms with Crippen molar-refractivity contribution in [2.24, 2.45) is 0 Å². The zero-order valence-electron chi connectivity index (χ0n) is 14.2. The summed E-state index contributed by atoms with van der Waals surface area (Å²) in [4.78, 5) is 12.1. The third kappa shape index (κ3) is 3.87. The SMILES string of the molecule is COc1ccc(C(=O)OC[C@@]2(O)CCC(OC)(OC)C[C@@H]2O)cc1. The van der Waals surface area contributed by atoms with Crippen LogP contribution < -0.4 is 4.74 Å². The molecule has 1 aromatic rings. The molecule has 1 saturated carbocycles. The molecule has 2 N–H and O–H groups in total. The zero-order valence-corrected chi connectivity index (χ0v) is 14.2. The monoisotopic (exact) mass is 340 g/mol. The number of hydrogen-bond donors (Lipinski definition) is 2. The van der Waals surface area contributed by atoms with Gasteiger partial charge in [0.05, 0.1) is 18.8 Å². The zero-order chi connectivity index (χ0) is 17.8. The predicted molar refractivity (Wildman–Crippen MR) is 84.8 cm³/mol. The fourth-order valence-electron chi connectivity index (χ4n) is 2.78. The van der Waals surface area contributed by atoms with E-state index in [-0.39, 0.29) is 19.4 Å². The normalized spacial score (nSPS) is 26.0. The lowest BCUT2D eigenvalue weighted by Crippen LogP contribution is -2.56. The van der Waals surface area contributed by atoms with E-state index in [1.54, 1.807) is 24.3 Å². The lowest BCUT2D eigenvalue weighted by atomic mass is 9.79. The molecule has 2 rings (SSSR count). The quantitative estimate of drug-likeness (QED) is 0.592. The second kappa shape index (κ2) is 7.48. The van der Waals surface area contributed by atoms with Crippen molar-refractivity contribution < 1.29 is 34.0 Å². The van der Waals surface area contributed by atoms with Crippen LogP contribution in [0.3, 0.4) is 0 Å². The molecule has 1 fully saturated rings. The van der Waals surface area contributed by atoms with Crippen LogP contribution in [-0.4, -0.2) is 61.6 Å². The van der Waals surface area contributed by atoms with Crippen molar-refractivity contribution in [3.63, 3.8) is 0 Å². The minimum Gasteiger partial charge on any atom is -0.497 e. The van der Waals surface area contributed by atoms with E-state index in [0.717, 1.165) is 0 Å². The van der Waals surface area contributed by atoms with Crippen molar-refractivity contribution in [3.8, 4) is 5.75 Å². The van der Waals surface area contributed by atoms with Crippen molar-refractivity contribution in [1.29, 1.82) is 0 Å². The van der Waals surface area contributed by atoms with Crippen molar-refractivity contribution in [2.45, 2.75) is 36.8 Å². The number of ether oxygens (including phenoxy) is 4. The van der Waals surface area contributed by atoms with Gasteiger partial charge in [0.15, 0.2) is 5.79 Å². The summed E-state index contributed by atoms with van der Waals surface area (Å²) in [5.74, 6) is -0.872. The molecule has 134 valence electrons. The maximum absolute atomic E-state index is 12.1. The smallest absolute Gasteiger partial charge is 0.338 e. The van der Waals surface area contributed by atoms with E-state index in [1.165, 1.54) is 21.3 Å². The van der Waals surface area contributed by atoms with Crippen LogP contribution in [0.25, 0.3) is 0 Å². The summed E-state index contributed by atoms with van der Waals surface area (Å²) in [5, 5.41) is 20.8. The highest BCUT2D eigenvalue weighted by molar-refractivity contribution is 5.89. The standard InChI is InChI=1S/C17H24O7/c1-21-13-6-4-12(5-7-13)15(19)24-11-16(20)8-9-17(22-2,23-3)10-14(16)18/h4-7,14,18,20H,8-11H2,1-3H3/t14-,16-/m0/s1. The molecule has 1 aliphatic rings. The van der Waals surface area contributed by atoms with E-state index in [4.69, 9.17) is 18.9 Å². The third-order valence-electron chi connectivity index (χ3n) is 4.59. The molecular formula is C17H24O7. The van der Waals surface area contributed by atoms with Gasteiger partial charge in [0.2, 0.25) is 0 Å². The predicted octanol–water partition coefficient (Wildman–Crippen LogP) is 1.12. The van der Waals surface area contributed by atoms with Gasteiger partial charge in [-0.15, -0.1) is 0 Å². The molecule has 0 aliphatic heterocycles.